The van der Waals surface area contributed by atoms with Gasteiger partial charge in [0, 0.05) is 13.6 Å². The minimum atomic E-state index is -0.825. The number of nitrogens with zero attached hydrogens (tertiary/aromatic N) is 1. The van der Waals surface area contributed by atoms with Crippen LogP contribution in [0.2, 0.25) is 0 Å². The first-order valence-electron chi connectivity index (χ1n) is 7.52. The van der Waals surface area contributed by atoms with E-state index in [4.69, 9.17) is 15.2 Å². The number of aryl methyl sites for hydroxylation is 1. The molecule has 1 aromatic carbocycles. The van der Waals surface area contributed by atoms with Crippen molar-refractivity contribution in [3.8, 4) is 11.5 Å². The first kappa shape index (κ1) is 21.5. The number of ether oxygens (including phenoxy) is 2. The Morgan fingerprint density at radius 1 is 1.26 bits per heavy atom. The van der Waals surface area contributed by atoms with E-state index in [9.17, 15) is 4.79 Å². The predicted molar refractivity (Wildman–Crippen MR) is 95.5 cm³/mol. The van der Waals surface area contributed by atoms with Crippen molar-refractivity contribution in [2.75, 3.05) is 21.3 Å². The van der Waals surface area contributed by atoms with Crippen molar-refractivity contribution >= 4 is 18.3 Å². The number of benzene rings is 1. The molecular formula is C17H29ClN2O3. The third kappa shape index (κ3) is 5.29. The van der Waals surface area contributed by atoms with Gasteiger partial charge in [0.05, 0.1) is 19.8 Å². The van der Waals surface area contributed by atoms with Gasteiger partial charge in [0.25, 0.3) is 0 Å². The molecular weight excluding hydrogens is 316 g/mol. The maximum Gasteiger partial charge on any atom is 0.242 e. The Labute approximate surface area is 145 Å². The maximum atomic E-state index is 12.5. The van der Waals surface area contributed by atoms with E-state index in [1.165, 1.54) is 0 Å². The highest BCUT2D eigenvalue weighted by molar-refractivity contribution is 5.85. The van der Waals surface area contributed by atoms with Gasteiger partial charge < -0.3 is 20.1 Å². The van der Waals surface area contributed by atoms with Crippen LogP contribution < -0.4 is 15.2 Å². The summed E-state index contributed by atoms with van der Waals surface area (Å²) in [4.78, 5) is 14.2. The third-order valence-electron chi connectivity index (χ3n) is 3.85. The van der Waals surface area contributed by atoms with Crippen molar-refractivity contribution in [1.82, 2.24) is 4.90 Å². The molecule has 0 aliphatic heterocycles. The zero-order valence-electron chi connectivity index (χ0n) is 14.9. The normalized spacial score (nSPS) is 12.8. The van der Waals surface area contributed by atoms with Crippen molar-refractivity contribution in [3.05, 3.63) is 23.3 Å². The smallest absolute Gasteiger partial charge is 0.242 e. The van der Waals surface area contributed by atoms with E-state index in [2.05, 4.69) is 0 Å². The van der Waals surface area contributed by atoms with E-state index in [0.717, 1.165) is 17.5 Å². The standard InChI is InChI=1S/C17H28N2O3.ClH/c1-7-8-17(3,18)16(20)19(4)11-13-10-15(22-6)14(21-5)9-12(13)2;/h9-10H,7-8,11,18H2,1-6H3;1H. The number of hydrogen-bond donors (Lipinski definition) is 1. The Bertz CT molecular complexity index is 533. The lowest BCUT2D eigenvalue weighted by molar-refractivity contribution is -0.135. The fraction of sp³-hybridized carbons (Fsp3) is 0.588. The van der Waals surface area contributed by atoms with Crippen molar-refractivity contribution in [1.29, 1.82) is 0 Å². The number of rotatable bonds is 7. The number of carbonyl (C=O) groups excluding carboxylic acids is 1. The molecule has 1 atom stereocenters. The molecule has 132 valence electrons. The summed E-state index contributed by atoms with van der Waals surface area (Å²) in [5.74, 6) is 1.30. The lowest BCUT2D eigenvalue weighted by Gasteiger charge is -2.29. The molecule has 0 bridgehead atoms. The minimum Gasteiger partial charge on any atom is -0.493 e. The Balaban J connectivity index is 0.00000484. The Morgan fingerprint density at radius 2 is 1.78 bits per heavy atom. The highest BCUT2D eigenvalue weighted by atomic mass is 35.5. The van der Waals surface area contributed by atoms with Gasteiger partial charge in [-0.1, -0.05) is 13.3 Å². The lowest BCUT2D eigenvalue weighted by Crippen LogP contribution is -2.51. The van der Waals surface area contributed by atoms with Gasteiger partial charge in [0.2, 0.25) is 5.91 Å². The molecule has 0 saturated carbocycles. The second-order valence-corrected chi connectivity index (χ2v) is 5.96. The SMILES string of the molecule is CCCC(C)(N)C(=O)N(C)Cc1cc(OC)c(OC)cc1C.Cl. The van der Waals surface area contributed by atoms with Crippen LogP contribution in [-0.2, 0) is 11.3 Å². The molecule has 0 aromatic heterocycles. The molecule has 1 rings (SSSR count). The number of amides is 1. The summed E-state index contributed by atoms with van der Waals surface area (Å²) >= 11 is 0. The molecule has 0 aliphatic carbocycles. The van der Waals surface area contributed by atoms with Crippen LogP contribution in [0, 0.1) is 6.92 Å². The van der Waals surface area contributed by atoms with Crippen LogP contribution in [0.3, 0.4) is 0 Å². The number of nitrogens with two attached hydrogens (primary N) is 1. The zero-order chi connectivity index (χ0) is 16.9. The second-order valence-electron chi connectivity index (χ2n) is 5.96. The van der Waals surface area contributed by atoms with Gasteiger partial charge in [0.1, 0.15) is 0 Å². The largest absolute Gasteiger partial charge is 0.493 e. The van der Waals surface area contributed by atoms with E-state index >= 15 is 0 Å². The molecule has 1 amide bonds. The Kier molecular flexibility index (Phi) is 8.42. The molecule has 5 nitrogen and oxygen atoms in total. The highest BCUT2D eigenvalue weighted by Gasteiger charge is 2.30. The molecule has 0 radical (unpaired) electrons. The molecule has 2 N–H and O–H groups in total. The predicted octanol–water partition coefficient (Wildman–Crippen LogP) is 2.91. The quantitative estimate of drug-likeness (QED) is 0.826. The fourth-order valence-corrected chi connectivity index (χ4v) is 2.58. The average molecular weight is 345 g/mol. The van der Waals surface area contributed by atoms with E-state index in [1.807, 2.05) is 26.0 Å². The summed E-state index contributed by atoms with van der Waals surface area (Å²) < 4.78 is 10.6. The minimum absolute atomic E-state index is 0. The van der Waals surface area contributed by atoms with Gasteiger partial charge in [-0.05, 0) is 43.5 Å². The van der Waals surface area contributed by atoms with E-state index in [1.54, 1.807) is 33.1 Å². The van der Waals surface area contributed by atoms with Crippen LogP contribution in [0.25, 0.3) is 0 Å². The highest BCUT2D eigenvalue weighted by Crippen LogP contribution is 2.31. The number of likely N-dealkylation sites (N-methyl/N-ethyl adjacent to an activating group) is 1. The molecule has 0 spiro atoms. The summed E-state index contributed by atoms with van der Waals surface area (Å²) in [6, 6.07) is 3.83. The monoisotopic (exact) mass is 344 g/mol. The lowest BCUT2D eigenvalue weighted by atomic mass is 9.95. The van der Waals surface area contributed by atoms with Crippen LogP contribution in [-0.4, -0.2) is 37.6 Å². The van der Waals surface area contributed by atoms with Crippen molar-refractivity contribution in [2.24, 2.45) is 5.73 Å². The maximum absolute atomic E-state index is 12.5. The number of carbonyl (C=O) groups is 1. The molecule has 23 heavy (non-hydrogen) atoms. The summed E-state index contributed by atoms with van der Waals surface area (Å²) in [7, 11) is 4.99. The summed E-state index contributed by atoms with van der Waals surface area (Å²) in [6.07, 6.45) is 1.54. The van der Waals surface area contributed by atoms with Crippen molar-refractivity contribution in [2.45, 2.75) is 45.7 Å². The van der Waals surface area contributed by atoms with Crippen molar-refractivity contribution in [3.63, 3.8) is 0 Å². The second kappa shape index (κ2) is 8.99. The fourth-order valence-electron chi connectivity index (χ4n) is 2.58. The molecule has 0 heterocycles. The Hall–Kier alpha value is -1.46. The number of halogens is 1. The van der Waals surface area contributed by atoms with Gasteiger partial charge >= 0.3 is 0 Å². The van der Waals surface area contributed by atoms with E-state index in [-0.39, 0.29) is 18.3 Å². The molecule has 0 saturated heterocycles. The molecule has 1 unspecified atom stereocenters. The van der Waals surface area contributed by atoms with Crippen LogP contribution in [0.1, 0.15) is 37.8 Å². The van der Waals surface area contributed by atoms with Crippen molar-refractivity contribution < 1.29 is 14.3 Å². The average Bonchev–Trinajstić information content (AvgIpc) is 2.47. The first-order valence-corrected chi connectivity index (χ1v) is 7.52. The molecule has 6 heteroatoms. The molecule has 0 aliphatic rings. The van der Waals surface area contributed by atoms with Crippen LogP contribution in [0.15, 0.2) is 12.1 Å². The summed E-state index contributed by atoms with van der Waals surface area (Å²) in [6.45, 7) is 6.29. The van der Waals surface area contributed by atoms with Gasteiger partial charge in [-0.3, -0.25) is 4.79 Å². The van der Waals surface area contributed by atoms with Crippen LogP contribution in [0.4, 0.5) is 0 Å². The van der Waals surface area contributed by atoms with E-state index < -0.39 is 5.54 Å². The number of hydrogen-bond acceptors (Lipinski definition) is 4. The van der Waals surface area contributed by atoms with Gasteiger partial charge in [0.15, 0.2) is 11.5 Å². The van der Waals surface area contributed by atoms with Gasteiger partial charge in [-0.2, -0.15) is 0 Å². The van der Waals surface area contributed by atoms with Crippen LogP contribution in [0.5, 0.6) is 11.5 Å². The number of methoxy groups -OCH3 is 2. The first-order chi connectivity index (χ1) is 10.3. The molecule has 0 fully saturated rings. The summed E-state index contributed by atoms with van der Waals surface area (Å²) in [5, 5.41) is 0. The Morgan fingerprint density at radius 3 is 2.26 bits per heavy atom. The van der Waals surface area contributed by atoms with Gasteiger partial charge in [-0.25, -0.2) is 0 Å². The molecule has 1 aromatic rings. The van der Waals surface area contributed by atoms with Gasteiger partial charge in [-0.15, -0.1) is 12.4 Å². The summed E-state index contributed by atoms with van der Waals surface area (Å²) in [5.41, 5.74) is 7.37. The topological polar surface area (TPSA) is 64.8 Å². The third-order valence-corrected chi connectivity index (χ3v) is 3.85. The van der Waals surface area contributed by atoms with Crippen LogP contribution >= 0.6 is 12.4 Å². The van der Waals surface area contributed by atoms with E-state index in [0.29, 0.717) is 24.5 Å². The zero-order valence-corrected chi connectivity index (χ0v) is 15.8.